The van der Waals surface area contributed by atoms with Crippen molar-refractivity contribution < 1.29 is 4.63 Å². The van der Waals surface area contributed by atoms with Crippen molar-refractivity contribution in [3.8, 4) is 11.1 Å². The van der Waals surface area contributed by atoms with Gasteiger partial charge in [-0.3, -0.25) is 4.68 Å². The standard InChI is InChI=1S/C18H18N8O/c1-9-12(15(19)16-18(22-9)25-27-24-16)7-10-4-5-11(17(20)23-10)13-8-21-26-6-2-3-14(13)26/h4-5,8H,2-3,6-7,19H2,1H3,(H2,20,23). The maximum Gasteiger partial charge on any atom is 0.226 e. The molecule has 0 aromatic carbocycles. The zero-order valence-electron chi connectivity index (χ0n) is 14.8. The monoisotopic (exact) mass is 362 g/mol. The average molecular weight is 362 g/mol. The van der Waals surface area contributed by atoms with Crippen molar-refractivity contribution >= 4 is 22.7 Å². The van der Waals surface area contributed by atoms with Crippen LogP contribution in [0.1, 0.15) is 29.1 Å². The van der Waals surface area contributed by atoms with E-state index >= 15 is 0 Å². The molecule has 27 heavy (non-hydrogen) atoms. The van der Waals surface area contributed by atoms with Crippen LogP contribution in [-0.2, 0) is 19.4 Å². The molecule has 4 aromatic heterocycles. The van der Waals surface area contributed by atoms with E-state index < -0.39 is 0 Å². The molecule has 0 unspecified atom stereocenters. The summed E-state index contributed by atoms with van der Waals surface area (Å²) < 4.78 is 6.77. The number of rotatable bonds is 3. The quantitative estimate of drug-likeness (QED) is 0.564. The number of aromatic nitrogens is 6. The first-order valence-corrected chi connectivity index (χ1v) is 8.79. The number of nitrogens with zero attached hydrogens (tertiary/aromatic N) is 6. The lowest BCUT2D eigenvalue weighted by atomic mass is 10.0. The molecule has 0 saturated heterocycles. The SMILES string of the molecule is Cc1nc2nonc2c(N)c1Cc1ccc(-c2cnn3c2CCC3)c(N)n1. The molecule has 9 nitrogen and oxygen atoms in total. The minimum Gasteiger partial charge on any atom is -0.396 e. The number of fused-ring (bicyclic) bond motifs is 2. The minimum atomic E-state index is 0.409. The van der Waals surface area contributed by atoms with E-state index in [-0.39, 0.29) is 0 Å². The number of nitrogens with two attached hydrogens (primary N) is 2. The molecule has 9 heteroatoms. The Labute approximate surface area is 154 Å². The number of pyridine rings is 2. The topological polar surface area (TPSA) is 135 Å². The van der Waals surface area contributed by atoms with Gasteiger partial charge in [0.2, 0.25) is 5.65 Å². The predicted octanol–water partition coefficient (Wildman–Crippen LogP) is 1.89. The lowest BCUT2D eigenvalue weighted by Gasteiger charge is -2.10. The molecule has 0 spiro atoms. The van der Waals surface area contributed by atoms with Gasteiger partial charge >= 0.3 is 0 Å². The average Bonchev–Trinajstić information content (AvgIpc) is 3.35. The molecule has 5 heterocycles. The molecule has 0 saturated carbocycles. The fraction of sp³-hybridized carbons (Fsp3) is 0.278. The molecule has 0 bridgehead atoms. The van der Waals surface area contributed by atoms with Gasteiger partial charge in [-0.15, -0.1) is 0 Å². The number of hydrogen-bond donors (Lipinski definition) is 2. The Hall–Kier alpha value is -3.49. The highest BCUT2D eigenvalue weighted by Crippen LogP contribution is 2.32. The molecule has 5 rings (SSSR count). The molecule has 0 aliphatic carbocycles. The molecule has 4 N–H and O–H groups in total. The van der Waals surface area contributed by atoms with Crippen molar-refractivity contribution in [2.75, 3.05) is 11.5 Å². The van der Waals surface area contributed by atoms with Crippen molar-refractivity contribution in [3.63, 3.8) is 0 Å². The first kappa shape index (κ1) is 15.7. The number of aryl methyl sites for hydroxylation is 2. The van der Waals surface area contributed by atoms with E-state index in [1.807, 2.05) is 29.9 Å². The summed E-state index contributed by atoms with van der Waals surface area (Å²) in [5.41, 5.74) is 19.6. The highest BCUT2D eigenvalue weighted by molar-refractivity contribution is 5.85. The van der Waals surface area contributed by atoms with Crippen molar-refractivity contribution in [2.45, 2.75) is 32.7 Å². The van der Waals surface area contributed by atoms with Crippen LogP contribution in [0.4, 0.5) is 11.5 Å². The summed E-state index contributed by atoms with van der Waals surface area (Å²) in [5.74, 6) is 0.489. The highest BCUT2D eigenvalue weighted by Gasteiger charge is 2.20. The molecular weight excluding hydrogens is 344 g/mol. The highest BCUT2D eigenvalue weighted by atomic mass is 16.6. The molecule has 0 atom stereocenters. The van der Waals surface area contributed by atoms with Gasteiger partial charge in [0.15, 0.2) is 5.52 Å². The van der Waals surface area contributed by atoms with Crippen LogP contribution in [0.2, 0.25) is 0 Å². The van der Waals surface area contributed by atoms with Crippen LogP contribution in [0.3, 0.4) is 0 Å². The second kappa shape index (κ2) is 5.76. The van der Waals surface area contributed by atoms with Crippen LogP contribution in [0, 0.1) is 6.92 Å². The molecule has 1 aliphatic rings. The van der Waals surface area contributed by atoms with Crippen molar-refractivity contribution in [1.29, 1.82) is 0 Å². The van der Waals surface area contributed by atoms with Crippen LogP contribution in [0.5, 0.6) is 0 Å². The van der Waals surface area contributed by atoms with Gasteiger partial charge in [-0.25, -0.2) is 14.6 Å². The van der Waals surface area contributed by atoms with Crippen molar-refractivity contribution in [3.05, 3.63) is 41.0 Å². The van der Waals surface area contributed by atoms with Gasteiger partial charge in [-0.2, -0.15) is 5.10 Å². The van der Waals surface area contributed by atoms with Gasteiger partial charge in [-0.05, 0) is 42.2 Å². The molecule has 1 aliphatic heterocycles. The van der Waals surface area contributed by atoms with Crippen LogP contribution in [0.25, 0.3) is 22.3 Å². The zero-order valence-corrected chi connectivity index (χ0v) is 14.8. The fourth-order valence-electron chi connectivity index (χ4n) is 3.73. The normalized spacial score (nSPS) is 13.4. The molecule has 136 valence electrons. The zero-order chi connectivity index (χ0) is 18.5. The summed E-state index contributed by atoms with van der Waals surface area (Å²) in [6.07, 6.45) is 4.51. The van der Waals surface area contributed by atoms with Gasteiger partial charge < -0.3 is 11.5 Å². The first-order valence-electron chi connectivity index (χ1n) is 8.79. The lowest BCUT2D eigenvalue weighted by Crippen LogP contribution is -2.05. The van der Waals surface area contributed by atoms with Gasteiger partial charge in [0.05, 0.1) is 11.9 Å². The van der Waals surface area contributed by atoms with E-state index in [9.17, 15) is 0 Å². The summed E-state index contributed by atoms with van der Waals surface area (Å²) in [5, 5.41) is 12.0. The Balaban J connectivity index is 1.51. The Morgan fingerprint density at radius 2 is 2.04 bits per heavy atom. The predicted molar refractivity (Wildman–Crippen MR) is 99.7 cm³/mol. The second-order valence-corrected chi connectivity index (χ2v) is 6.77. The maximum absolute atomic E-state index is 6.28. The largest absolute Gasteiger partial charge is 0.396 e. The third kappa shape index (κ3) is 2.42. The minimum absolute atomic E-state index is 0.409. The van der Waals surface area contributed by atoms with E-state index in [4.69, 9.17) is 16.1 Å². The third-order valence-electron chi connectivity index (χ3n) is 5.12. The van der Waals surface area contributed by atoms with Crippen LogP contribution < -0.4 is 11.5 Å². The smallest absolute Gasteiger partial charge is 0.226 e. The van der Waals surface area contributed by atoms with Crippen molar-refractivity contribution in [1.82, 2.24) is 30.1 Å². The Morgan fingerprint density at radius 1 is 1.15 bits per heavy atom. The molecule has 0 amide bonds. The van der Waals surface area contributed by atoms with Crippen LogP contribution in [0.15, 0.2) is 23.0 Å². The molecule has 0 radical (unpaired) electrons. The summed E-state index contributed by atoms with van der Waals surface area (Å²) >= 11 is 0. The summed E-state index contributed by atoms with van der Waals surface area (Å²) in [4.78, 5) is 8.99. The molecule has 4 aromatic rings. The summed E-state index contributed by atoms with van der Waals surface area (Å²) in [6.45, 7) is 2.85. The Morgan fingerprint density at radius 3 is 2.89 bits per heavy atom. The Kier molecular flexibility index (Phi) is 3.36. The van der Waals surface area contributed by atoms with E-state index in [0.29, 0.717) is 29.1 Å². The second-order valence-electron chi connectivity index (χ2n) is 6.77. The Bertz CT molecular complexity index is 1180. The molecular formula is C18H18N8O. The third-order valence-corrected chi connectivity index (χ3v) is 5.12. The van der Waals surface area contributed by atoms with E-state index in [1.54, 1.807) is 0 Å². The number of hydrogen-bond acceptors (Lipinski definition) is 8. The van der Waals surface area contributed by atoms with E-state index in [2.05, 4.69) is 25.4 Å². The molecule has 0 fully saturated rings. The van der Waals surface area contributed by atoms with Crippen LogP contribution in [-0.4, -0.2) is 30.1 Å². The van der Waals surface area contributed by atoms with Crippen LogP contribution >= 0.6 is 0 Å². The fourth-order valence-corrected chi connectivity index (χ4v) is 3.73. The van der Waals surface area contributed by atoms with Gasteiger partial charge in [0.1, 0.15) is 5.82 Å². The van der Waals surface area contributed by atoms with Gasteiger partial charge in [0, 0.05) is 46.7 Å². The number of anilines is 2. The van der Waals surface area contributed by atoms with Gasteiger partial charge in [-0.1, -0.05) is 0 Å². The van der Waals surface area contributed by atoms with E-state index in [0.717, 1.165) is 47.5 Å². The van der Waals surface area contributed by atoms with Gasteiger partial charge in [0.25, 0.3) is 0 Å². The maximum atomic E-state index is 6.28. The van der Waals surface area contributed by atoms with Crippen molar-refractivity contribution in [2.24, 2.45) is 0 Å². The number of nitrogen functional groups attached to an aromatic ring is 2. The first-order chi connectivity index (χ1) is 13.1. The van der Waals surface area contributed by atoms with E-state index in [1.165, 1.54) is 5.69 Å². The summed E-state index contributed by atoms with van der Waals surface area (Å²) in [7, 11) is 0. The summed E-state index contributed by atoms with van der Waals surface area (Å²) in [6, 6.07) is 3.97. The lowest BCUT2D eigenvalue weighted by molar-refractivity contribution is 0.315.